The van der Waals surface area contributed by atoms with E-state index in [9.17, 15) is 35.6 Å². The number of benzene rings is 2. The van der Waals surface area contributed by atoms with E-state index in [1.807, 2.05) is 0 Å². The third kappa shape index (κ3) is 8.73. The van der Waals surface area contributed by atoms with Crippen molar-refractivity contribution in [2.75, 3.05) is 17.1 Å². The van der Waals surface area contributed by atoms with E-state index in [0.717, 1.165) is 28.8 Å². The Labute approximate surface area is 214 Å². The van der Waals surface area contributed by atoms with Crippen LogP contribution >= 0.6 is 0 Å². The van der Waals surface area contributed by atoms with E-state index < -0.39 is 45.4 Å². The van der Waals surface area contributed by atoms with Gasteiger partial charge in [0.1, 0.15) is 11.9 Å². The standard InChI is InChI=1S/C25H31F4N3O4S/c1-17(2)30-24(34)18(3)31(16-19-9-5-6-12-22(19)26)23(33)13-8-14-32(37(4,35)36)21-11-7-10-20(15-21)25(27,28)29/h5-7,9-12,15,17-18H,8,13-14,16H2,1-4H3,(H,30,34)/t18-/m0/s1. The van der Waals surface area contributed by atoms with Gasteiger partial charge in [0, 0.05) is 31.1 Å². The summed E-state index contributed by atoms with van der Waals surface area (Å²) in [5.74, 6) is -1.53. The van der Waals surface area contributed by atoms with Crippen LogP contribution in [0.3, 0.4) is 0 Å². The maximum atomic E-state index is 14.3. The lowest BCUT2D eigenvalue weighted by atomic mass is 10.1. The molecule has 0 saturated carbocycles. The largest absolute Gasteiger partial charge is 0.416 e. The molecule has 1 N–H and O–H groups in total. The summed E-state index contributed by atoms with van der Waals surface area (Å²) >= 11 is 0. The van der Waals surface area contributed by atoms with E-state index in [4.69, 9.17) is 0 Å². The maximum absolute atomic E-state index is 14.3. The molecule has 2 rings (SSSR count). The van der Waals surface area contributed by atoms with Gasteiger partial charge in [-0.15, -0.1) is 0 Å². The molecule has 0 aliphatic heterocycles. The molecule has 0 bridgehead atoms. The fourth-order valence-corrected chi connectivity index (χ4v) is 4.60. The summed E-state index contributed by atoms with van der Waals surface area (Å²) in [4.78, 5) is 27.0. The van der Waals surface area contributed by atoms with Crippen LogP contribution < -0.4 is 9.62 Å². The van der Waals surface area contributed by atoms with Crippen LogP contribution in [0.5, 0.6) is 0 Å². The molecule has 2 aromatic carbocycles. The topological polar surface area (TPSA) is 86.8 Å². The van der Waals surface area contributed by atoms with Gasteiger partial charge in [0.05, 0.1) is 17.5 Å². The highest BCUT2D eigenvalue weighted by Gasteiger charge is 2.32. The van der Waals surface area contributed by atoms with Crippen LogP contribution in [0.2, 0.25) is 0 Å². The Balaban J connectivity index is 2.23. The number of nitrogens with one attached hydrogen (secondary N) is 1. The van der Waals surface area contributed by atoms with Crippen LogP contribution in [0.25, 0.3) is 0 Å². The Kier molecular flexibility index (Phi) is 10.1. The molecule has 0 radical (unpaired) electrons. The summed E-state index contributed by atoms with van der Waals surface area (Å²) < 4.78 is 79.1. The number of halogens is 4. The fraction of sp³-hybridized carbons (Fsp3) is 0.440. The molecule has 7 nitrogen and oxygen atoms in total. The number of carbonyl (C=O) groups excluding carboxylic acids is 2. The summed E-state index contributed by atoms with van der Waals surface area (Å²) in [6.07, 6.45) is -4.07. The lowest BCUT2D eigenvalue weighted by Gasteiger charge is -2.30. The number of alkyl halides is 3. The highest BCUT2D eigenvalue weighted by Crippen LogP contribution is 2.32. The van der Waals surface area contributed by atoms with Crippen molar-refractivity contribution in [3.8, 4) is 0 Å². The van der Waals surface area contributed by atoms with Gasteiger partial charge in [-0.1, -0.05) is 24.3 Å². The summed E-state index contributed by atoms with van der Waals surface area (Å²) in [6.45, 7) is 4.54. The zero-order valence-corrected chi connectivity index (χ0v) is 21.9. The Hall–Kier alpha value is -3.15. The number of anilines is 1. The van der Waals surface area contributed by atoms with Gasteiger partial charge in [-0.05, 0) is 51.5 Å². The molecule has 1 atom stereocenters. The lowest BCUT2D eigenvalue weighted by Crippen LogP contribution is -2.49. The third-order valence-corrected chi connectivity index (χ3v) is 6.70. The molecule has 0 saturated heterocycles. The van der Waals surface area contributed by atoms with Crippen molar-refractivity contribution in [2.24, 2.45) is 0 Å². The van der Waals surface area contributed by atoms with Crippen LogP contribution in [-0.2, 0) is 32.3 Å². The molecule has 12 heteroatoms. The number of nitrogens with zero attached hydrogens (tertiary/aromatic N) is 2. The van der Waals surface area contributed by atoms with Gasteiger partial charge in [-0.3, -0.25) is 13.9 Å². The molecule has 204 valence electrons. The highest BCUT2D eigenvalue weighted by molar-refractivity contribution is 7.92. The SMILES string of the molecule is CC(C)NC(=O)[C@H](C)N(Cc1ccccc1F)C(=O)CCCN(c1cccc(C(F)(F)F)c1)S(C)(=O)=O. The number of hydrogen-bond acceptors (Lipinski definition) is 4. The number of carbonyl (C=O) groups is 2. The van der Waals surface area contributed by atoms with E-state index in [-0.39, 0.29) is 43.2 Å². The number of sulfonamides is 1. The number of rotatable bonds is 11. The van der Waals surface area contributed by atoms with Crippen molar-refractivity contribution in [2.45, 2.75) is 58.4 Å². The number of hydrogen-bond donors (Lipinski definition) is 1. The Morgan fingerprint density at radius 3 is 2.24 bits per heavy atom. The Bertz CT molecular complexity index is 1200. The molecular weight excluding hydrogens is 514 g/mol. The van der Waals surface area contributed by atoms with Crippen LogP contribution in [0, 0.1) is 5.82 Å². The highest BCUT2D eigenvalue weighted by atomic mass is 32.2. The smallest absolute Gasteiger partial charge is 0.352 e. The average Bonchev–Trinajstić information content (AvgIpc) is 2.79. The average molecular weight is 546 g/mol. The van der Waals surface area contributed by atoms with Gasteiger partial charge in [0.25, 0.3) is 0 Å². The maximum Gasteiger partial charge on any atom is 0.416 e. The molecule has 0 heterocycles. The van der Waals surface area contributed by atoms with E-state index in [1.165, 1.54) is 36.1 Å². The van der Waals surface area contributed by atoms with Gasteiger partial charge < -0.3 is 10.2 Å². The fourth-order valence-electron chi connectivity index (χ4n) is 3.64. The van der Waals surface area contributed by atoms with Gasteiger partial charge in [0.15, 0.2) is 0 Å². The van der Waals surface area contributed by atoms with Gasteiger partial charge in [-0.2, -0.15) is 13.2 Å². The predicted molar refractivity (Wildman–Crippen MR) is 133 cm³/mol. The first-order valence-electron chi connectivity index (χ1n) is 11.6. The molecule has 2 aromatic rings. The molecule has 0 aliphatic rings. The van der Waals surface area contributed by atoms with Crippen LogP contribution in [-0.4, -0.2) is 50.0 Å². The van der Waals surface area contributed by atoms with Crippen molar-refractivity contribution in [1.29, 1.82) is 0 Å². The van der Waals surface area contributed by atoms with E-state index in [2.05, 4.69) is 5.32 Å². The van der Waals surface area contributed by atoms with E-state index in [0.29, 0.717) is 0 Å². The van der Waals surface area contributed by atoms with Crippen LogP contribution in [0.1, 0.15) is 44.7 Å². The number of amides is 2. The lowest BCUT2D eigenvalue weighted by molar-refractivity contribution is -0.140. The van der Waals surface area contributed by atoms with Crippen molar-refractivity contribution in [3.63, 3.8) is 0 Å². The zero-order chi connectivity index (χ0) is 28.0. The molecular formula is C25H31F4N3O4S. The molecule has 0 spiro atoms. The van der Waals surface area contributed by atoms with Crippen molar-refractivity contribution < 1.29 is 35.6 Å². The molecule has 0 aromatic heterocycles. The second kappa shape index (κ2) is 12.4. The van der Waals surface area contributed by atoms with Crippen LogP contribution in [0.15, 0.2) is 48.5 Å². The first-order chi connectivity index (χ1) is 17.1. The minimum Gasteiger partial charge on any atom is -0.352 e. The van der Waals surface area contributed by atoms with Crippen molar-refractivity contribution in [1.82, 2.24) is 10.2 Å². The monoisotopic (exact) mass is 545 g/mol. The second-order valence-electron chi connectivity index (χ2n) is 8.94. The Morgan fingerprint density at radius 1 is 1.03 bits per heavy atom. The molecule has 0 unspecified atom stereocenters. The quantitative estimate of drug-likeness (QED) is 0.426. The minimum atomic E-state index is -4.66. The molecule has 0 fully saturated rings. The summed E-state index contributed by atoms with van der Waals surface area (Å²) in [6, 6.07) is 8.56. The predicted octanol–water partition coefficient (Wildman–Crippen LogP) is 4.33. The molecule has 37 heavy (non-hydrogen) atoms. The summed E-state index contributed by atoms with van der Waals surface area (Å²) in [7, 11) is -3.97. The first kappa shape index (κ1) is 30.1. The minimum absolute atomic E-state index is 0.0472. The summed E-state index contributed by atoms with van der Waals surface area (Å²) in [5.41, 5.74) is -0.991. The van der Waals surface area contributed by atoms with Gasteiger partial charge >= 0.3 is 6.18 Å². The summed E-state index contributed by atoms with van der Waals surface area (Å²) in [5, 5.41) is 2.71. The van der Waals surface area contributed by atoms with Crippen molar-refractivity contribution in [3.05, 3.63) is 65.5 Å². The van der Waals surface area contributed by atoms with Crippen LogP contribution in [0.4, 0.5) is 23.2 Å². The van der Waals surface area contributed by atoms with E-state index in [1.54, 1.807) is 19.9 Å². The van der Waals surface area contributed by atoms with Gasteiger partial charge in [-0.25, -0.2) is 12.8 Å². The van der Waals surface area contributed by atoms with Gasteiger partial charge in [0.2, 0.25) is 21.8 Å². The van der Waals surface area contributed by atoms with Crippen molar-refractivity contribution >= 4 is 27.5 Å². The normalized spacial score (nSPS) is 12.8. The van der Waals surface area contributed by atoms with E-state index >= 15 is 0 Å². The zero-order valence-electron chi connectivity index (χ0n) is 21.0. The third-order valence-electron chi connectivity index (χ3n) is 5.51. The Morgan fingerprint density at radius 2 is 1.68 bits per heavy atom. The first-order valence-corrected chi connectivity index (χ1v) is 13.4. The molecule has 0 aliphatic carbocycles. The second-order valence-corrected chi connectivity index (χ2v) is 10.8. The molecule has 2 amide bonds.